The maximum Gasteiger partial charge on any atom is 0.347 e. The molecule has 0 unspecified atom stereocenters. The summed E-state index contributed by atoms with van der Waals surface area (Å²) in [5.41, 5.74) is 1.74. The van der Waals surface area contributed by atoms with Crippen molar-refractivity contribution in [2.45, 2.75) is 20.8 Å². The summed E-state index contributed by atoms with van der Waals surface area (Å²) in [6.07, 6.45) is 4.85. The lowest BCUT2D eigenvalue weighted by Gasteiger charge is -2.04. The summed E-state index contributed by atoms with van der Waals surface area (Å²) < 4.78 is 5.99. The molecule has 4 heteroatoms. The third-order valence-corrected chi connectivity index (χ3v) is 3.20. The van der Waals surface area contributed by atoms with Crippen LogP contribution in [-0.2, 0) is 0 Å². The molecule has 1 aromatic carbocycles. The minimum absolute atomic E-state index is 0.233. The summed E-state index contributed by atoms with van der Waals surface area (Å²) in [6.45, 7) is 13.2. The van der Waals surface area contributed by atoms with Gasteiger partial charge >= 0.3 is 5.63 Å². The first-order chi connectivity index (χ1) is 10.1. The van der Waals surface area contributed by atoms with Gasteiger partial charge in [0, 0.05) is 10.0 Å². The molecule has 0 aliphatic rings. The van der Waals surface area contributed by atoms with E-state index in [4.69, 9.17) is 4.42 Å². The van der Waals surface area contributed by atoms with E-state index in [0.717, 1.165) is 10.0 Å². The minimum Gasteiger partial charge on any atom is -0.403 e. The summed E-state index contributed by atoms with van der Waals surface area (Å²) in [5, 5.41) is 0.456. The number of allylic oxidation sites excluding steroid dienone is 4. The second-order valence-electron chi connectivity index (χ2n) is 4.01. The van der Waals surface area contributed by atoms with Gasteiger partial charge in [0.05, 0.1) is 10.9 Å². The molecule has 2 rings (SSSR count). The van der Waals surface area contributed by atoms with Crippen LogP contribution >= 0.6 is 15.9 Å². The Morgan fingerprint density at radius 1 is 1.33 bits per heavy atom. The smallest absolute Gasteiger partial charge is 0.347 e. The van der Waals surface area contributed by atoms with Crippen molar-refractivity contribution in [3.05, 3.63) is 69.9 Å². The zero-order chi connectivity index (χ0) is 16.0. The van der Waals surface area contributed by atoms with Crippen LogP contribution in [0.3, 0.4) is 0 Å². The number of hydrogen-bond acceptors (Lipinski definition) is 3. The van der Waals surface area contributed by atoms with Crippen molar-refractivity contribution in [2.75, 3.05) is 0 Å². The molecule has 1 heterocycles. The van der Waals surface area contributed by atoms with Gasteiger partial charge in [-0.25, -0.2) is 9.78 Å². The van der Waals surface area contributed by atoms with Crippen LogP contribution in [0.15, 0.2) is 57.2 Å². The summed E-state index contributed by atoms with van der Waals surface area (Å²) in [7, 11) is 0. The first kappa shape index (κ1) is 17.1. The molecule has 0 N–H and O–H groups in total. The molecule has 0 radical (unpaired) electrons. The van der Waals surface area contributed by atoms with Crippen LogP contribution in [0.2, 0.25) is 0 Å². The van der Waals surface area contributed by atoms with Crippen molar-refractivity contribution in [2.24, 2.45) is 0 Å². The number of rotatable bonds is 3. The largest absolute Gasteiger partial charge is 0.403 e. The predicted molar refractivity (Wildman–Crippen MR) is 92.4 cm³/mol. The van der Waals surface area contributed by atoms with E-state index < -0.39 is 5.63 Å². The lowest BCUT2D eigenvalue weighted by Crippen LogP contribution is -2.05. The maximum atomic E-state index is 12.0. The predicted octanol–water partition coefficient (Wildman–Crippen LogP) is 5.04. The van der Waals surface area contributed by atoms with Gasteiger partial charge < -0.3 is 4.42 Å². The number of fused-ring (bicyclic) bond motifs is 1. The topological polar surface area (TPSA) is 43.1 Å². The summed E-state index contributed by atoms with van der Waals surface area (Å²) >= 11 is 3.42. The highest BCUT2D eigenvalue weighted by Gasteiger charge is 2.11. The van der Waals surface area contributed by atoms with Crippen LogP contribution in [0, 0.1) is 6.92 Å². The van der Waals surface area contributed by atoms with Gasteiger partial charge in [0.2, 0.25) is 5.89 Å². The van der Waals surface area contributed by atoms with Gasteiger partial charge in [-0.15, -0.1) is 0 Å². The number of aromatic nitrogens is 1. The maximum absolute atomic E-state index is 12.0. The van der Waals surface area contributed by atoms with Crippen molar-refractivity contribution in [3.63, 3.8) is 0 Å². The standard InChI is InChI=1S/C15H12BrNO2.C2H6/c1-4-6-10(5-2)14-17-13-11(15(18)19-14)7-9(3)8-12(13)16;1-2/h4-8H,1-2H2,3H3;1-2H3/b10-6+;. The van der Waals surface area contributed by atoms with Crippen molar-refractivity contribution in [3.8, 4) is 0 Å². The van der Waals surface area contributed by atoms with Crippen LogP contribution in [0.4, 0.5) is 0 Å². The average Bonchev–Trinajstić information content (AvgIpc) is 2.47. The van der Waals surface area contributed by atoms with Crippen LogP contribution in [0.1, 0.15) is 25.3 Å². The number of hydrogen-bond donors (Lipinski definition) is 0. The summed E-state index contributed by atoms with van der Waals surface area (Å²) in [5.74, 6) is 0.233. The Morgan fingerprint density at radius 2 is 2.00 bits per heavy atom. The second kappa shape index (κ2) is 7.74. The third kappa shape index (κ3) is 3.79. The summed E-state index contributed by atoms with van der Waals surface area (Å²) in [6, 6.07) is 3.66. The van der Waals surface area contributed by atoms with E-state index in [2.05, 4.69) is 34.1 Å². The molecule has 0 bridgehead atoms. The van der Waals surface area contributed by atoms with Gasteiger partial charge in [0.15, 0.2) is 0 Å². The molecule has 110 valence electrons. The fraction of sp³-hybridized carbons (Fsp3) is 0.176. The third-order valence-electron chi connectivity index (χ3n) is 2.59. The Balaban J connectivity index is 0.00000106. The molecule has 0 amide bonds. The molecular formula is C17H18BrNO2. The molecule has 0 fully saturated rings. The van der Waals surface area contributed by atoms with Crippen molar-refractivity contribution in [1.82, 2.24) is 4.98 Å². The first-order valence-corrected chi connectivity index (χ1v) is 7.42. The van der Waals surface area contributed by atoms with Crippen molar-refractivity contribution < 1.29 is 4.42 Å². The SMILES string of the molecule is C=C/C=C(\C=C)c1nc2c(Br)cc(C)cc2c(=O)o1.CC. The zero-order valence-electron chi connectivity index (χ0n) is 12.4. The molecule has 0 saturated carbocycles. The lowest BCUT2D eigenvalue weighted by atomic mass is 10.1. The molecule has 21 heavy (non-hydrogen) atoms. The average molecular weight is 348 g/mol. The van der Waals surface area contributed by atoms with Crippen LogP contribution < -0.4 is 5.63 Å². The monoisotopic (exact) mass is 347 g/mol. The van der Waals surface area contributed by atoms with E-state index in [1.54, 1.807) is 24.3 Å². The van der Waals surface area contributed by atoms with E-state index in [0.29, 0.717) is 16.5 Å². The van der Waals surface area contributed by atoms with Gasteiger partial charge in [-0.2, -0.15) is 0 Å². The number of benzene rings is 1. The molecule has 0 aliphatic heterocycles. The number of halogens is 1. The van der Waals surface area contributed by atoms with Crippen LogP contribution in [0.5, 0.6) is 0 Å². The van der Waals surface area contributed by atoms with Crippen molar-refractivity contribution >= 4 is 32.4 Å². The molecule has 0 aliphatic carbocycles. The van der Waals surface area contributed by atoms with E-state index in [-0.39, 0.29) is 5.89 Å². The first-order valence-electron chi connectivity index (χ1n) is 6.63. The Morgan fingerprint density at radius 3 is 2.57 bits per heavy atom. The number of aryl methyl sites for hydroxylation is 1. The molecule has 0 atom stereocenters. The lowest BCUT2D eigenvalue weighted by molar-refractivity contribution is 0.487. The van der Waals surface area contributed by atoms with Crippen LogP contribution in [-0.4, -0.2) is 4.98 Å². The fourth-order valence-corrected chi connectivity index (χ4v) is 2.41. The molecule has 0 saturated heterocycles. The van der Waals surface area contributed by atoms with E-state index in [9.17, 15) is 4.79 Å². The summed E-state index contributed by atoms with van der Waals surface area (Å²) in [4.78, 5) is 16.4. The molecule has 0 spiro atoms. The number of nitrogens with zero attached hydrogens (tertiary/aromatic N) is 1. The normalized spacial score (nSPS) is 10.8. The highest BCUT2D eigenvalue weighted by atomic mass is 79.9. The van der Waals surface area contributed by atoms with Crippen LogP contribution in [0.25, 0.3) is 16.5 Å². The highest BCUT2D eigenvalue weighted by molar-refractivity contribution is 9.10. The molecule has 1 aromatic heterocycles. The van der Waals surface area contributed by atoms with Gasteiger partial charge in [-0.1, -0.05) is 45.2 Å². The van der Waals surface area contributed by atoms with Gasteiger partial charge in [-0.3, -0.25) is 0 Å². The Kier molecular flexibility index (Phi) is 6.31. The van der Waals surface area contributed by atoms with Gasteiger partial charge in [-0.05, 0) is 40.5 Å². The van der Waals surface area contributed by atoms with E-state index in [1.165, 1.54) is 0 Å². The second-order valence-corrected chi connectivity index (χ2v) is 4.87. The molecule has 3 nitrogen and oxygen atoms in total. The quantitative estimate of drug-likeness (QED) is 0.730. The zero-order valence-corrected chi connectivity index (χ0v) is 14.0. The van der Waals surface area contributed by atoms with Gasteiger partial charge in [0.25, 0.3) is 0 Å². The molecule has 2 aromatic rings. The van der Waals surface area contributed by atoms with Crippen molar-refractivity contribution in [1.29, 1.82) is 0 Å². The van der Waals surface area contributed by atoms with E-state index in [1.807, 2.05) is 26.8 Å². The minimum atomic E-state index is -0.416. The Hall–Kier alpha value is -1.94. The fourth-order valence-electron chi connectivity index (χ4n) is 1.75. The Bertz CT molecular complexity index is 757. The molecular weight excluding hydrogens is 330 g/mol. The Labute approximate surface area is 132 Å². The van der Waals surface area contributed by atoms with E-state index >= 15 is 0 Å². The van der Waals surface area contributed by atoms with Gasteiger partial charge in [0.1, 0.15) is 0 Å². The highest BCUT2D eigenvalue weighted by Crippen LogP contribution is 2.24.